The van der Waals surface area contributed by atoms with Crippen LogP contribution < -0.4 is 0 Å². The fraction of sp³-hybridized carbons (Fsp3) is 0.164. The van der Waals surface area contributed by atoms with Crippen LogP contribution in [0.15, 0.2) is 181 Å². The van der Waals surface area contributed by atoms with Gasteiger partial charge >= 0.3 is 20.1 Å². The molecule has 0 aliphatic heterocycles. The van der Waals surface area contributed by atoms with Crippen molar-refractivity contribution in [2.24, 2.45) is 0 Å². The molecule has 0 unspecified atom stereocenters. The van der Waals surface area contributed by atoms with E-state index in [4.69, 9.17) is 4.42 Å². The SMILES string of the molecule is [2H]C([2H])(c1ccc(-c2[c-]ccc3c2oc2c(F)c(-c4ccccc4)ccc23)nc1)C([2H])([2H])c1cc(C([2H])([2H])C(C)(C)c2ccc(-c3[c-]cccc3)nc2)cc(C([2H])([2H])C(C)(C)c2ccc(-c3[c-]cccc3)nc2)c1.[Ir+3]. The largest absolute Gasteiger partial charge is 3.00 e. The smallest absolute Gasteiger partial charge is 0.497 e. The average molecular weight is 1060 g/mol. The van der Waals surface area contributed by atoms with Crippen molar-refractivity contribution >= 4 is 21.9 Å². The molecular formula is C61H49FIrN3O. The molecule has 0 bridgehead atoms. The Morgan fingerprint density at radius 1 is 0.522 bits per heavy atom. The summed E-state index contributed by atoms with van der Waals surface area (Å²) in [6.45, 7) is 6.85. The Kier molecular flexibility index (Phi) is 10.4. The van der Waals surface area contributed by atoms with Crippen LogP contribution in [-0.2, 0) is 56.4 Å². The minimum Gasteiger partial charge on any atom is -0.497 e. The molecule has 0 N–H and O–H groups in total. The van der Waals surface area contributed by atoms with Crippen LogP contribution in [0.25, 0.3) is 66.8 Å². The molecule has 67 heavy (non-hydrogen) atoms. The van der Waals surface area contributed by atoms with E-state index >= 15 is 4.39 Å². The molecule has 6 aromatic carbocycles. The molecule has 0 aliphatic carbocycles. The van der Waals surface area contributed by atoms with Crippen LogP contribution in [0.1, 0.15) is 72.0 Å². The third-order valence-corrected chi connectivity index (χ3v) is 11.8. The zero-order valence-corrected chi connectivity index (χ0v) is 39.6. The van der Waals surface area contributed by atoms with Gasteiger partial charge in [-0.2, -0.15) is 0 Å². The van der Waals surface area contributed by atoms with E-state index in [1.807, 2.05) is 72.8 Å². The fourth-order valence-electron chi connectivity index (χ4n) is 8.22. The van der Waals surface area contributed by atoms with E-state index in [9.17, 15) is 11.0 Å². The summed E-state index contributed by atoms with van der Waals surface area (Å²) in [6.07, 6.45) is -5.93. The average Bonchev–Trinajstić information content (AvgIpc) is 3.81. The second-order valence-electron chi connectivity index (χ2n) is 17.3. The van der Waals surface area contributed by atoms with Gasteiger partial charge in [-0.3, -0.25) is 0 Å². The van der Waals surface area contributed by atoms with Crippen LogP contribution in [-0.4, -0.2) is 15.0 Å². The summed E-state index contributed by atoms with van der Waals surface area (Å²) in [7, 11) is 0. The number of fused-ring (bicyclic) bond motifs is 3. The third kappa shape index (κ3) is 9.70. The second kappa shape index (κ2) is 19.2. The van der Waals surface area contributed by atoms with Gasteiger partial charge in [-0.15, -0.1) is 90.0 Å². The summed E-state index contributed by atoms with van der Waals surface area (Å²) in [6, 6.07) is 54.6. The van der Waals surface area contributed by atoms with Gasteiger partial charge in [0.05, 0.1) is 5.58 Å². The zero-order chi connectivity index (χ0) is 52.4. The third-order valence-electron chi connectivity index (χ3n) is 11.8. The molecule has 10 aromatic rings. The van der Waals surface area contributed by atoms with Gasteiger partial charge in [-0.25, -0.2) is 4.39 Å². The van der Waals surface area contributed by atoms with Crippen LogP contribution in [0.5, 0.6) is 0 Å². The molecule has 4 nitrogen and oxygen atoms in total. The first-order chi connectivity index (χ1) is 35.1. The molecule has 10 rings (SSSR count). The first kappa shape index (κ1) is 36.3. The Morgan fingerprint density at radius 3 is 1.63 bits per heavy atom. The number of furan rings is 1. The van der Waals surface area contributed by atoms with Crippen molar-refractivity contribution in [3.63, 3.8) is 0 Å². The molecular weight excluding hydrogens is 1000 g/mol. The maximum absolute atomic E-state index is 16.1. The van der Waals surface area contributed by atoms with Gasteiger partial charge in [-0.05, 0) is 92.3 Å². The Labute approximate surface area is 417 Å². The maximum Gasteiger partial charge on any atom is 3.00 e. The van der Waals surface area contributed by atoms with Gasteiger partial charge in [0.2, 0.25) is 0 Å². The molecule has 0 atom stereocenters. The van der Waals surface area contributed by atoms with Crippen LogP contribution in [0, 0.1) is 24.0 Å². The second-order valence-corrected chi connectivity index (χ2v) is 17.3. The van der Waals surface area contributed by atoms with Crippen molar-refractivity contribution in [1.82, 2.24) is 15.0 Å². The van der Waals surface area contributed by atoms with Gasteiger partial charge in [0.15, 0.2) is 11.4 Å². The molecule has 0 spiro atoms. The van der Waals surface area contributed by atoms with Crippen molar-refractivity contribution < 1.29 is 39.9 Å². The van der Waals surface area contributed by atoms with Crippen molar-refractivity contribution in [3.05, 3.63) is 234 Å². The van der Waals surface area contributed by atoms with Crippen molar-refractivity contribution in [2.45, 2.75) is 64.0 Å². The Morgan fingerprint density at radius 2 is 1.07 bits per heavy atom. The molecule has 0 fully saturated rings. The molecule has 0 amide bonds. The van der Waals surface area contributed by atoms with Crippen LogP contribution in [0.4, 0.5) is 4.39 Å². The monoisotopic (exact) mass is 1060 g/mol. The number of aromatic nitrogens is 3. The number of nitrogens with zero attached hydrogens (tertiary/aromatic N) is 3. The first-order valence-corrected chi connectivity index (χ1v) is 21.8. The van der Waals surface area contributed by atoms with Gasteiger partial charge in [0.1, 0.15) is 0 Å². The molecule has 0 aliphatic rings. The molecule has 6 heteroatoms. The van der Waals surface area contributed by atoms with E-state index in [0.717, 1.165) is 11.1 Å². The summed E-state index contributed by atoms with van der Waals surface area (Å²) in [5, 5.41) is 1.19. The standard InChI is InChI=1S/C61H49FN3O.Ir/c1-60(2,48-26-31-54(64-39-48)46-17-10-6-11-18-46)36-43-33-42(34-44(35-43)37-61(3,4)49-27-32-55(65-40-49)47-19-12-7-13-20-47)24-23-41-25-30-56(63-38-41)53-22-14-21-51-52-29-28-50(45-15-8-5-9-16-45)57(62)59(52)66-58(51)53;/h5-17,19,21,25-35,38-40H,23-24,36-37H2,1-4H3;/q-3;+3/i23D2,24D2,36D2,37D2;. The summed E-state index contributed by atoms with van der Waals surface area (Å²) in [5.74, 6) is -0.517. The van der Waals surface area contributed by atoms with E-state index in [2.05, 4.69) is 33.2 Å². The molecule has 0 saturated carbocycles. The van der Waals surface area contributed by atoms with Crippen molar-refractivity contribution in [2.75, 3.05) is 0 Å². The van der Waals surface area contributed by atoms with E-state index in [-0.39, 0.29) is 47.9 Å². The van der Waals surface area contributed by atoms with Crippen molar-refractivity contribution in [3.8, 4) is 44.9 Å². The maximum atomic E-state index is 16.1. The Balaban J connectivity index is 0.00000689. The quantitative estimate of drug-likeness (QED) is 0.108. The number of halogens is 1. The number of pyridine rings is 3. The van der Waals surface area contributed by atoms with E-state index in [1.54, 1.807) is 94.7 Å². The number of hydrogen-bond acceptors (Lipinski definition) is 4. The van der Waals surface area contributed by atoms with E-state index in [1.165, 1.54) is 36.5 Å². The molecule has 0 radical (unpaired) electrons. The minimum absolute atomic E-state index is 0. The number of hydrogen-bond donors (Lipinski definition) is 0. The first-order valence-electron chi connectivity index (χ1n) is 25.8. The van der Waals surface area contributed by atoms with Gasteiger partial charge in [0.25, 0.3) is 0 Å². The number of aryl methyl sites for hydroxylation is 2. The summed E-state index contributed by atoms with van der Waals surface area (Å²) >= 11 is 0. The van der Waals surface area contributed by atoms with Crippen molar-refractivity contribution in [1.29, 1.82) is 0 Å². The normalized spacial score (nSPS) is 14.4. The molecule has 4 aromatic heterocycles. The van der Waals surface area contributed by atoms with Crippen LogP contribution in [0.3, 0.4) is 0 Å². The molecule has 0 saturated heterocycles. The number of benzene rings is 6. The fourth-order valence-corrected chi connectivity index (χ4v) is 8.22. The topological polar surface area (TPSA) is 51.8 Å². The Bertz CT molecular complexity index is 3540. The predicted octanol–water partition coefficient (Wildman–Crippen LogP) is 14.8. The van der Waals surface area contributed by atoms with Crippen LogP contribution >= 0.6 is 0 Å². The van der Waals surface area contributed by atoms with E-state index in [0.29, 0.717) is 61.3 Å². The van der Waals surface area contributed by atoms with Gasteiger partial charge in [0, 0.05) is 40.5 Å². The minimum atomic E-state index is -2.91. The predicted molar refractivity (Wildman–Crippen MR) is 266 cm³/mol. The Hall–Kier alpha value is -6.85. The summed E-state index contributed by atoms with van der Waals surface area (Å²) in [5.41, 5.74) is 2.86. The molecule has 330 valence electrons. The van der Waals surface area contributed by atoms with Gasteiger partial charge < -0.3 is 19.4 Å². The zero-order valence-electron chi connectivity index (χ0n) is 45.2. The summed E-state index contributed by atoms with van der Waals surface area (Å²) in [4.78, 5) is 13.9. The number of rotatable bonds is 13. The van der Waals surface area contributed by atoms with E-state index < -0.39 is 42.1 Å². The van der Waals surface area contributed by atoms with Crippen LogP contribution in [0.2, 0.25) is 0 Å². The molecule has 4 heterocycles. The van der Waals surface area contributed by atoms with Gasteiger partial charge in [-0.1, -0.05) is 136 Å². The summed E-state index contributed by atoms with van der Waals surface area (Å²) < 4.78 is 100.